The summed E-state index contributed by atoms with van der Waals surface area (Å²) in [6.45, 7) is 8.05. The summed E-state index contributed by atoms with van der Waals surface area (Å²) in [5.74, 6) is 2.77. The van der Waals surface area contributed by atoms with Crippen LogP contribution in [-0.2, 0) is 0 Å². The van der Waals surface area contributed by atoms with E-state index in [9.17, 15) is 4.79 Å². The number of benzene rings is 1. The van der Waals surface area contributed by atoms with Gasteiger partial charge in [0.25, 0.3) is 5.91 Å². The third-order valence-electron chi connectivity index (χ3n) is 6.25. The Bertz CT molecular complexity index is 1100. The van der Waals surface area contributed by atoms with Crippen LogP contribution in [0.3, 0.4) is 0 Å². The van der Waals surface area contributed by atoms with Crippen molar-refractivity contribution in [2.45, 2.75) is 26.7 Å². The molecule has 2 atom stereocenters. The zero-order valence-corrected chi connectivity index (χ0v) is 20.8. The first-order chi connectivity index (χ1) is 16.4. The number of rotatable bonds is 10. The van der Waals surface area contributed by atoms with Crippen molar-refractivity contribution in [2.75, 3.05) is 44.5 Å². The number of pyridine rings is 1. The maximum absolute atomic E-state index is 12.0. The largest absolute Gasteiger partial charge is 0.496 e. The molecule has 180 valence electrons. The molecule has 8 heteroatoms. The first-order valence-corrected chi connectivity index (χ1v) is 11.5. The fourth-order valence-corrected chi connectivity index (χ4v) is 3.66. The van der Waals surface area contributed by atoms with Gasteiger partial charge < -0.3 is 20.3 Å². The van der Waals surface area contributed by atoms with Crippen LogP contribution in [-0.4, -0.2) is 55.2 Å². The smallest absolute Gasteiger partial charge is 0.251 e. The van der Waals surface area contributed by atoms with Crippen LogP contribution in [0, 0.1) is 5.92 Å². The van der Waals surface area contributed by atoms with E-state index in [1.165, 1.54) is 0 Å². The fraction of sp³-hybridized carbons (Fsp3) is 0.385. The van der Waals surface area contributed by atoms with Crippen molar-refractivity contribution in [3.05, 3.63) is 60.0 Å². The fourth-order valence-electron chi connectivity index (χ4n) is 3.66. The van der Waals surface area contributed by atoms with Crippen molar-refractivity contribution in [1.82, 2.24) is 20.3 Å². The highest BCUT2D eigenvalue weighted by molar-refractivity contribution is 5.94. The zero-order valence-electron chi connectivity index (χ0n) is 20.8. The Hall–Kier alpha value is -3.68. The van der Waals surface area contributed by atoms with Gasteiger partial charge in [-0.3, -0.25) is 4.79 Å². The van der Waals surface area contributed by atoms with Gasteiger partial charge in [-0.2, -0.15) is 0 Å². The van der Waals surface area contributed by atoms with E-state index in [0.717, 1.165) is 47.3 Å². The number of amides is 1. The predicted molar refractivity (Wildman–Crippen MR) is 137 cm³/mol. The summed E-state index contributed by atoms with van der Waals surface area (Å²) >= 11 is 0. The molecule has 1 aromatic carbocycles. The Kier molecular flexibility index (Phi) is 8.40. The van der Waals surface area contributed by atoms with Crippen molar-refractivity contribution in [3.8, 4) is 17.0 Å². The Morgan fingerprint density at radius 2 is 1.91 bits per heavy atom. The van der Waals surface area contributed by atoms with Crippen LogP contribution in [0.2, 0.25) is 0 Å². The third kappa shape index (κ3) is 5.81. The lowest BCUT2D eigenvalue weighted by molar-refractivity contribution is 0.0962. The van der Waals surface area contributed by atoms with Crippen LogP contribution in [0.15, 0.2) is 48.9 Å². The number of carbonyl (C=O) groups excluding carboxylic acids is 1. The molecule has 0 bridgehead atoms. The Balaban J connectivity index is 1.68. The van der Waals surface area contributed by atoms with Gasteiger partial charge in [0, 0.05) is 50.6 Å². The van der Waals surface area contributed by atoms with Crippen LogP contribution in [0.5, 0.6) is 5.75 Å². The average molecular weight is 463 g/mol. The average Bonchev–Trinajstić information content (AvgIpc) is 2.90. The van der Waals surface area contributed by atoms with Crippen LogP contribution in [0.25, 0.3) is 11.3 Å². The molecule has 8 nitrogen and oxygen atoms in total. The predicted octanol–water partition coefficient (Wildman–Crippen LogP) is 4.21. The number of ether oxygens (including phenoxy) is 1. The van der Waals surface area contributed by atoms with Crippen molar-refractivity contribution >= 4 is 17.5 Å². The van der Waals surface area contributed by atoms with Gasteiger partial charge in [-0.1, -0.05) is 19.9 Å². The van der Waals surface area contributed by atoms with Gasteiger partial charge in [-0.05, 0) is 48.6 Å². The second-order valence-electron chi connectivity index (χ2n) is 8.39. The lowest BCUT2D eigenvalue weighted by Crippen LogP contribution is -2.20. The standard InChI is InChI=1S/C26H34N6O2/c1-7-32(5)25-11-9-20(15-29-25)22-13-24(31-16-30-22)28-14-17(2)18(3)21-10-8-19(26(33)27-4)12-23(21)34-6/h8-13,15-18H,7,14H2,1-6H3,(H,27,33)(H,28,30,31). The minimum absolute atomic E-state index is 0.131. The van der Waals surface area contributed by atoms with E-state index in [-0.39, 0.29) is 17.7 Å². The van der Waals surface area contributed by atoms with Crippen molar-refractivity contribution in [2.24, 2.45) is 5.92 Å². The third-order valence-corrected chi connectivity index (χ3v) is 6.25. The maximum Gasteiger partial charge on any atom is 0.251 e. The van der Waals surface area contributed by atoms with Gasteiger partial charge in [-0.15, -0.1) is 0 Å². The van der Waals surface area contributed by atoms with Gasteiger partial charge >= 0.3 is 0 Å². The molecule has 0 fully saturated rings. The summed E-state index contributed by atoms with van der Waals surface area (Å²) in [5.41, 5.74) is 3.42. The normalized spacial score (nSPS) is 12.5. The maximum atomic E-state index is 12.0. The molecular weight excluding hydrogens is 428 g/mol. The summed E-state index contributed by atoms with van der Waals surface area (Å²) in [5, 5.41) is 6.08. The minimum atomic E-state index is -0.131. The molecule has 3 aromatic rings. The van der Waals surface area contributed by atoms with Gasteiger partial charge in [0.05, 0.1) is 12.8 Å². The molecule has 0 aliphatic heterocycles. The summed E-state index contributed by atoms with van der Waals surface area (Å²) in [4.78, 5) is 27.4. The number of carbonyl (C=O) groups is 1. The number of nitrogens with zero attached hydrogens (tertiary/aromatic N) is 4. The molecule has 0 saturated carbocycles. The molecule has 0 radical (unpaired) electrons. The van der Waals surface area contributed by atoms with Gasteiger partial charge in [0.2, 0.25) is 0 Å². The number of nitrogens with one attached hydrogen (secondary N) is 2. The number of aromatic nitrogens is 3. The highest BCUT2D eigenvalue weighted by Crippen LogP contribution is 2.33. The summed E-state index contributed by atoms with van der Waals surface area (Å²) in [7, 11) is 5.27. The van der Waals surface area contributed by atoms with Gasteiger partial charge in [-0.25, -0.2) is 15.0 Å². The molecule has 34 heavy (non-hydrogen) atoms. The summed E-state index contributed by atoms with van der Waals surface area (Å²) in [6, 6.07) is 11.6. The number of hydrogen-bond donors (Lipinski definition) is 2. The summed E-state index contributed by atoms with van der Waals surface area (Å²) in [6.07, 6.45) is 3.41. The van der Waals surface area contributed by atoms with Gasteiger partial charge in [0.1, 0.15) is 23.7 Å². The van der Waals surface area contributed by atoms with Crippen LogP contribution < -0.4 is 20.3 Å². The first-order valence-electron chi connectivity index (χ1n) is 11.5. The van der Waals surface area contributed by atoms with Crippen molar-refractivity contribution in [1.29, 1.82) is 0 Å². The SMILES string of the molecule is CCN(C)c1ccc(-c2cc(NCC(C)C(C)c3ccc(C(=O)NC)cc3OC)ncn2)cn1. The molecule has 2 aromatic heterocycles. The molecule has 0 saturated heterocycles. The molecule has 3 rings (SSSR count). The Morgan fingerprint density at radius 3 is 2.56 bits per heavy atom. The molecule has 0 aliphatic carbocycles. The molecule has 2 unspecified atom stereocenters. The number of methoxy groups -OCH3 is 1. The van der Waals surface area contributed by atoms with E-state index in [2.05, 4.69) is 51.3 Å². The molecular formula is C26H34N6O2. The Labute approximate surface area is 201 Å². The van der Waals surface area contributed by atoms with Crippen molar-refractivity contribution < 1.29 is 9.53 Å². The first kappa shape index (κ1) is 25.0. The molecule has 1 amide bonds. The lowest BCUT2D eigenvalue weighted by Gasteiger charge is -2.23. The van der Waals surface area contributed by atoms with Crippen LogP contribution in [0.1, 0.15) is 42.6 Å². The molecule has 0 aliphatic rings. The second kappa shape index (κ2) is 11.4. The van der Waals surface area contributed by atoms with E-state index >= 15 is 0 Å². The number of hydrogen-bond acceptors (Lipinski definition) is 7. The summed E-state index contributed by atoms with van der Waals surface area (Å²) < 4.78 is 5.58. The van der Waals surface area contributed by atoms with E-state index in [4.69, 9.17) is 4.74 Å². The van der Waals surface area contributed by atoms with Crippen LogP contribution in [0.4, 0.5) is 11.6 Å². The van der Waals surface area contributed by atoms with E-state index < -0.39 is 0 Å². The van der Waals surface area contributed by atoms with Crippen molar-refractivity contribution in [3.63, 3.8) is 0 Å². The lowest BCUT2D eigenvalue weighted by atomic mass is 9.87. The highest BCUT2D eigenvalue weighted by atomic mass is 16.5. The van der Waals surface area contributed by atoms with Gasteiger partial charge in [0.15, 0.2) is 0 Å². The van der Waals surface area contributed by atoms with E-state index in [0.29, 0.717) is 5.56 Å². The molecule has 0 spiro atoms. The highest BCUT2D eigenvalue weighted by Gasteiger charge is 2.20. The zero-order chi connectivity index (χ0) is 24.7. The topological polar surface area (TPSA) is 92.3 Å². The molecule has 2 heterocycles. The monoisotopic (exact) mass is 462 g/mol. The minimum Gasteiger partial charge on any atom is -0.496 e. The quantitative estimate of drug-likeness (QED) is 0.466. The molecule has 2 N–H and O–H groups in total. The Morgan fingerprint density at radius 1 is 1.12 bits per heavy atom. The van der Waals surface area contributed by atoms with Crippen LogP contribution >= 0.6 is 0 Å². The number of anilines is 2. The van der Waals surface area contributed by atoms with E-state index in [1.807, 2.05) is 43.6 Å². The van der Waals surface area contributed by atoms with E-state index in [1.54, 1.807) is 26.6 Å². The second-order valence-corrected chi connectivity index (χ2v) is 8.39.